The van der Waals surface area contributed by atoms with Crippen molar-refractivity contribution in [2.45, 2.75) is 0 Å². The van der Waals surface area contributed by atoms with Crippen LogP contribution in [0, 0.1) is 0 Å². The van der Waals surface area contributed by atoms with Gasteiger partial charge >= 0.3 is 9.29 Å². The molecule has 0 amide bonds. The Labute approximate surface area is 59.5 Å². The highest BCUT2D eigenvalue weighted by molar-refractivity contribution is 6.40. The van der Waals surface area contributed by atoms with E-state index in [1.165, 1.54) is 0 Å². The average Bonchev–Trinajstić information content (AvgIpc) is 1.75. The van der Waals surface area contributed by atoms with Gasteiger partial charge in [-0.25, -0.2) is 0 Å². The van der Waals surface area contributed by atoms with Crippen LogP contribution in [0.5, 0.6) is 0 Å². The zero-order valence-electron chi connectivity index (χ0n) is 4.23. The molecule has 0 saturated heterocycles. The highest BCUT2D eigenvalue weighted by Crippen LogP contribution is 1.73. The lowest BCUT2D eigenvalue weighted by molar-refractivity contribution is 0.399. The molecule has 0 heterocycles. The van der Waals surface area contributed by atoms with E-state index in [1.807, 2.05) is 0 Å². The topological polar surface area (TPSA) is 54.4 Å². The summed E-state index contributed by atoms with van der Waals surface area (Å²) in [6.07, 6.45) is 0. The van der Waals surface area contributed by atoms with Crippen LogP contribution in [0.25, 0.3) is 0 Å². The van der Waals surface area contributed by atoms with Gasteiger partial charge in [-0.15, -0.1) is 23.2 Å². The molecule has 3 nitrogen and oxygen atoms in total. The van der Waals surface area contributed by atoms with Crippen LogP contribution >= 0.6 is 23.2 Å². The van der Waals surface area contributed by atoms with E-state index in [2.05, 4.69) is 0 Å². The van der Waals surface area contributed by atoms with Gasteiger partial charge in [-0.3, -0.25) is 8.92 Å². The van der Waals surface area contributed by atoms with Gasteiger partial charge in [-0.1, -0.05) is 0 Å². The molecular formula is C2H6Cl2O3Si. The number of halogens is 2. The molecule has 0 bridgehead atoms. The molecule has 0 unspecified atom stereocenters. The summed E-state index contributed by atoms with van der Waals surface area (Å²) in [6, 6.07) is 0. The first-order valence-electron chi connectivity index (χ1n) is 1.39. The van der Waals surface area contributed by atoms with Gasteiger partial charge < -0.3 is 5.11 Å². The van der Waals surface area contributed by atoms with Gasteiger partial charge in [-0.2, -0.15) is 0 Å². The van der Waals surface area contributed by atoms with E-state index in [4.69, 9.17) is 37.2 Å². The highest BCUT2D eigenvalue weighted by atomic mass is 35.5. The third kappa shape index (κ3) is 1430. The van der Waals surface area contributed by atoms with Gasteiger partial charge in [0.2, 0.25) is 0 Å². The fourth-order valence-electron chi connectivity index (χ4n) is 0. The lowest BCUT2D eigenvalue weighted by atomic mass is 11.8. The molecule has 0 aromatic heterocycles. The van der Waals surface area contributed by atoms with E-state index >= 15 is 0 Å². The molecule has 0 aliphatic rings. The fourth-order valence-corrected chi connectivity index (χ4v) is 0. The quantitative estimate of drug-likeness (QED) is 0.430. The van der Waals surface area contributed by atoms with Gasteiger partial charge in [0.25, 0.3) is 0 Å². The molecular weight excluding hydrogens is 171 g/mol. The Bertz CT molecular complexity index is 44.5. The van der Waals surface area contributed by atoms with Crippen LogP contribution in [-0.2, 0) is 8.92 Å². The molecule has 8 heavy (non-hydrogen) atoms. The van der Waals surface area contributed by atoms with Crippen LogP contribution in [0.3, 0.4) is 0 Å². The van der Waals surface area contributed by atoms with Crippen molar-refractivity contribution >= 4 is 32.5 Å². The fraction of sp³-hybridized carbons (Fsp3) is 1.00. The van der Waals surface area contributed by atoms with Crippen molar-refractivity contribution in [3.05, 3.63) is 0 Å². The summed E-state index contributed by atoms with van der Waals surface area (Å²) >= 11 is 9.53. The normalized spacial score (nSPS) is 4.00. The van der Waals surface area contributed by atoms with Crippen LogP contribution < -0.4 is 0 Å². The van der Waals surface area contributed by atoms with Crippen molar-refractivity contribution in [1.29, 1.82) is 0 Å². The van der Waals surface area contributed by atoms with Gasteiger partial charge in [0.1, 0.15) is 0 Å². The van der Waals surface area contributed by atoms with E-state index in [9.17, 15) is 0 Å². The molecule has 1 N–H and O–H groups in total. The summed E-state index contributed by atoms with van der Waals surface area (Å²) in [7, 11) is -0.417. The summed E-state index contributed by atoms with van der Waals surface area (Å²) < 4.78 is 16.8. The number of hydrogen-bond donors (Lipinski definition) is 1. The standard InChI is InChI=1S/CH2Cl2.CH4O.O2Si/c2-1-3;1-2;1-3-2/h1H2;2H,1H3;. The molecule has 0 aromatic rings. The Morgan fingerprint density at radius 3 is 1.38 bits per heavy atom. The van der Waals surface area contributed by atoms with E-state index in [-0.39, 0.29) is 5.34 Å². The number of aliphatic hydroxyl groups excluding tert-OH is 1. The van der Waals surface area contributed by atoms with Crippen molar-refractivity contribution < 1.29 is 14.0 Å². The summed E-state index contributed by atoms with van der Waals surface area (Å²) in [5, 5.41) is 7.19. The smallest absolute Gasteiger partial charge is 0.400 e. The third-order valence-corrected chi connectivity index (χ3v) is 0. The van der Waals surface area contributed by atoms with E-state index < -0.39 is 9.29 Å². The first-order chi connectivity index (χ1) is 3.83. The van der Waals surface area contributed by atoms with Gasteiger partial charge in [0, 0.05) is 7.11 Å². The van der Waals surface area contributed by atoms with Crippen molar-refractivity contribution in [3.8, 4) is 0 Å². The molecule has 0 aliphatic carbocycles. The average molecular weight is 177 g/mol. The van der Waals surface area contributed by atoms with Crippen molar-refractivity contribution in [1.82, 2.24) is 0 Å². The minimum absolute atomic E-state index is 0.194. The summed E-state index contributed by atoms with van der Waals surface area (Å²) in [5.41, 5.74) is 0. The minimum atomic E-state index is -1.42. The molecule has 0 atom stereocenters. The van der Waals surface area contributed by atoms with Crippen LogP contribution in [-0.4, -0.2) is 26.8 Å². The van der Waals surface area contributed by atoms with Crippen molar-refractivity contribution in [3.63, 3.8) is 0 Å². The van der Waals surface area contributed by atoms with E-state index in [1.54, 1.807) is 0 Å². The Kier molecular flexibility index (Phi) is 105. The molecule has 0 radical (unpaired) electrons. The molecule has 0 rings (SSSR count). The van der Waals surface area contributed by atoms with Gasteiger partial charge in [0.15, 0.2) is 0 Å². The lowest BCUT2D eigenvalue weighted by Crippen LogP contribution is -1.26. The van der Waals surface area contributed by atoms with E-state index in [0.717, 1.165) is 7.11 Å². The minimum Gasteiger partial charge on any atom is -0.400 e. The first-order valence-corrected chi connectivity index (χ1v) is 3.28. The van der Waals surface area contributed by atoms with Crippen LogP contribution in [0.15, 0.2) is 0 Å². The predicted molar refractivity (Wildman–Crippen MR) is 31.8 cm³/mol. The molecule has 0 aromatic carbocycles. The summed E-state index contributed by atoms with van der Waals surface area (Å²) in [5.74, 6) is 0. The maximum atomic E-state index is 8.40. The number of alkyl halides is 2. The largest absolute Gasteiger partial charge is 0.549 e. The van der Waals surface area contributed by atoms with Crippen molar-refractivity contribution in [2.75, 3.05) is 12.4 Å². The maximum absolute atomic E-state index is 8.40. The van der Waals surface area contributed by atoms with Crippen LogP contribution in [0.4, 0.5) is 0 Å². The summed E-state index contributed by atoms with van der Waals surface area (Å²) in [4.78, 5) is 0. The van der Waals surface area contributed by atoms with Crippen LogP contribution in [0.1, 0.15) is 0 Å². The van der Waals surface area contributed by atoms with Gasteiger partial charge in [0.05, 0.1) is 5.34 Å². The Balaban J connectivity index is -0.0000000483. The second-order valence-electron chi connectivity index (χ2n) is 0.184. The molecule has 0 aliphatic heterocycles. The number of aliphatic hydroxyl groups is 1. The van der Waals surface area contributed by atoms with Crippen molar-refractivity contribution in [2.24, 2.45) is 0 Å². The molecule has 6 heteroatoms. The van der Waals surface area contributed by atoms with E-state index in [0.29, 0.717) is 0 Å². The zero-order chi connectivity index (χ0) is 7.41. The number of rotatable bonds is 0. The SMILES string of the molecule is CO.ClCCl.O=[Si]=O. The summed E-state index contributed by atoms with van der Waals surface area (Å²) in [6.45, 7) is 0. The Hall–Kier alpha value is 0.357. The Morgan fingerprint density at radius 2 is 1.38 bits per heavy atom. The van der Waals surface area contributed by atoms with Gasteiger partial charge in [-0.05, 0) is 0 Å². The maximum Gasteiger partial charge on any atom is 0.549 e. The second kappa shape index (κ2) is 53.5. The molecule has 0 saturated carbocycles. The molecule has 0 spiro atoms. The third-order valence-electron chi connectivity index (χ3n) is 0. The zero-order valence-corrected chi connectivity index (χ0v) is 6.74. The predicted octanol–water partition coefficient (Wildman–Crippen LogP) is 0.412. The highest BCUT2D eigenvalue weighted by Gasteiger charge is 1.41. The first kappa shape index (κ1) is 15.8. The molecule has 50 valence electrons. The molecule has 0 fully saturated rings. The van der Waals surface area contributed by atoms with Crippen LogP contribution in [0.2, 0.25) is 0 Å². The second-order valence-corrected chi connectivity index (χ2v) is 1.16. The Morgan fingerprint density at radius 1 is 1.38 bits per heavy atom. The monoisotopic (exact) mass is 176 g/mol. The number of hydrogen-bond acceptors (Lipinski definition) is 3. The lowest BCUT2D eigenvalue weighted by Gasteiger charge is -1.42.